The molecule has 0 amide bonds. The first-order chi connectivity index (χ1) is 8.79. The van der Waals surface area contributed by atoms with Gasteiger partial charge in [-0.1, -0.05) is 32.8 Å². The quantitative estimate of drug-likeness (QED) is 0.827. The predicted molar refractivity (Wildman–Crippen MR) is 76.9 cm³/mol. The molecule has 0 bridgehead atoms. The molecule has 1 aromatic carbocycles. The molecule has 1 saturated carbocycles. The maximum absolute atomic E-state index is 5.90. The van der Waals surface area contributed by atoms with Crippen LogP contribution in [0.15, 0.2) is 37.0 Å². The van der Waals surface area contributed by atoms with Gasteiger partial charge >= 0.3 is 0 Å². The molecule has 1 aromatic rings. The Kier molecular flexibility index (Phi) is 4.68. The number of nitrogens with one attached hydrogen (secondary N) is 1. The van der Waals surface area contributed by atoms with Gasteiger partial charge in [-0.25, -0.2) is 0 Å². The van der Waals surface area contributed by atoms with Crippen LogP contribution in [-0.2, 0) is 0 Å². The molecule has 2 heteroatoms. The SMILES string of the molecule is C=CNc1ccc(OC[C@H]2CCCC[C@@H]2C)cc1. The Bertz CT molecular complexity index is 371. The summed E-state index contributed by atoms with van der Waals surface area (Å²) < 4.78 is 5.90. The van der Waals surface area contributed by atoms with Crippen molar-refractivity contribution in [2.24, 2.45) is 11.8 Å². The molecule has 0 aromatic heterocycles. The smallest absolute Gasteiger partial charge is 0.119 e. The second kappa shape index (κ2) is 6.48. The minimum Gasteiger partial charge on any atom is -0.493 e. The molecule has 0 spiro atoms. The Hall–Kier alpha value is -1.44. The van der Waals surface area contributed by atoms with E-state index in [-0.39, 0.29) is 0 Å². The van der Waals surface area contributed by atoms with Crippen LogP contribution in [0.5, 0.6) is 5.75 Å². The zero-order chi connectivity index (χ0) is 12.8. The lowest BCUT2D eigenvalue weighted by Gasteiger charge is -2.28. The number of benzene rings is 1. The van der Waals surface area contributed by atoms with Gasteiger partial charge in [0, 0.05) is 5.69 Å². The summed E-state index contributed by atoms with van der Waals surface area (Å²) in [5.74, 6) is 2.49. The summed E-state index contributed by atoms with van der Waals surface area (Å²) in [5, 5.41) is 3.06. The Labute approximate surface area is 110 Å². The van der Waals surface area contributed by atoms with Gasteiger partial charge in [-0.2, -0.15) is 0 Å². The predicted octanol–water partition coefficient (Wildman–Crippen LogP) is 4.45. The van der Waals surface area contributed by atoms with Crippen molar-refractivity contribution < 1.29 is 4.74 Å². The minimum absolute atomic E-state index is 0.727. The third-order valence-corrected chi connectivity index (χ3v) is 3.88. The van der Waals surface area contributed by atoms with Gasteiger partial charge in [0.05, 0.1) is 6.61 Å². The van der Waals surface area contributed by atoms with Crippen LogP contribution in [0.2, 0.25) is 0 Å². The fourth-order valence-electron chi connectivity index (χ4n) is 2.61. The third kappa shape index (κ3) is 3.52. The Balaban J connectivity index is 1.83. The highest BCUT2D eigenvalue weighted by Gasteiger charge is 2.21. The number of hydrogen-bond acceptors (Lipinski definition) is 2. The summed E-state index contributed by atoms with van der Waals surface area (Å²) in [6, 6.07) is 8.06. The van der Waals surface area contributed by atoms with Crippen molar-refractivity contribution in [3.8, 4) is 5.75 Å². The molecule has 98 valence electrons. The van der Waals surface area contributed by atoms with Crippen LogP contribution in [0.4, 0.5) is 5.69 Å². The zero-order valence-electron chi connectivity index (χ0n) is 11.2. The van der Waals surface area contributed by atoms with Gasteiger partial charge in [0.1, 0.15) is 5.75 Å². The normalized spacial score (nSPS) is 23.4. The van der Waals surface area contributed by atoms with Gasteiger partial charge in [0.25, 0.3) is 0 Å². The molecule has 1 N–H and O–H groups in total. The zero-order valence-corrected chi connectivity index (χ0v) is 11.2. The summed E-state index contributed by atoms with van der Waals surface area (Å²) in [4.78, 5) is 0. The van der Waals surface area contributed by atoms with Crippen molar-refractivity contribution in [1.29, 1.82) is 0 Å². The van der Waals surface area contributed by atoms with Gasteiger partial charge in [0.15, 0.2) is 0 Å². The Morgan fingerprint density at radius 2 is 2.00 bits per heavy atom. The van der Waals surface area contributed by atoms with E-state index in [1.807, 2.05) is 24.3 Å². The maximum Gasteiger partial charge on any atom is 0.119 e. The van der Waals surface area contributed by atoms with Crippen molar-refractivity contribution in [3.05, 3.63) is 37.0 Å². The highest BCUT2D eigenvalue weighted by Crippen LogP contribution is 2.30. The number of ether oxygens (including phenoxy) is 1. The molecule has 1 aliphatic carbocycles. The molecule has 18 heavy (non-hydrogen) atoms. The van der Waals surface area contributed by atoms with Crippen molar-refractivity contribution in [1.82, 2.24) is 0 Å². The van der Waals surface area contributed by atoms with E-state index in [9.17, 15) is 0 Å². The molecule has 1 aliphatic rings. The molecule has 0 radical (unpaired) electrons. The molecule has 0 unspecified atom stereocenters. The fourth-order valence-corrected chi connectivity index (χ4v) is 2.61. The highest BCUT2D eigenvalue weighted by atomic mass is 16.5. The summed E-state index contributed by atoms with van der Waals surface area (Å²) in [5.41, 5.74) is 1.04. The standard InChI is InChI=1S/C16H23NO/c1-3-17-15-8-10-16(11-9-15)18-12-14-7-5-4-6-13(14)2/h3,8-11,13-14,17H,1,4-7,12H2,2H3/t13-,14+/m0/s1. The van der Waals surface area contributed by atoms with Gasteiger partial charge in [-0.3, -0.25) is 0 Å². The van der Waals surface area contributed by atoms with E-state index >= 15 is 0 Å². The van der Waals surface area contributed by atoms with Gasteiger partial charge < -0.3 is 10.1 Å². The van der Waals surface area contributed by atoms with E-state index in [1.165, 1.54) is 25.7 Å². The lowest BCUT2D eigenvalue weighted by Crippen LogP contribution is -2.23. The largest absolute Gasteiger partial charge is 0.493 e. The molecule has 2 rings (SSSR count). The number of hydrogen-bond donors (Lipinski definition) is 1. The Morgan fingerprint density at radius 3 is 2.67 bits per heavy atom. The average molecular weight is 245 g/mol. The summed E-state index contributed by atoms with van der Waals surface area (Å²) in [6.07, 6.45) is 7.10. The lowest BCUT2D eigenvalue weighted by molar-refractivity contribution is 0.159. The first-order valence-corrected chi connectivity index (χ1v) is 6.90. The van der Waals surface area contributed by atoms with Gasteiger partial charge in [-0.05, 0) is 48.7 Å². The van der Waals surface area contributed by atoms with Crippen LogP contribution in [0, 0.1) is 11.8 Å². The third-order valence-electron chi connectivity index (χ3n) is 3.88. The number of rotatable bonds is 5. The number of anilines is 1. The van der Waals surface area contributed by atoms with Crippen molar-refractivity contribution in [2.45, 2.75) is 32.6 Å². The van der Waals surface area contributed by atoms with E-state index in [0.717, 1.165) is 29.9 Å². The van der Waals surface area contributed by atoms with E-state index < -0.39 is 0 Å². The van der Waals surface area contributed by atoms with Crippen LogP contribution in [0.1, 0.15) is 32.6 Å². The monoisotopic (exact) mass is 245 g/mol. The second-order valence-electron chi connectivity index (χ2n) is 5.21. The van der Waals surface area contributed by atoms with Crippen LogP contribution in [0.25, 0.3) is 0 Å². The lowest BCUT2D eigenvalue weighted by atomic mass is 9.81. The molecule has 2 nitrogen and oxygen atoms in total. The fraction of sp³-hybridized carbons (Fsp3) is 0.500. The first-order valence-electron chi connectivity index (χ1n) is 6.90. The first kappa shape index (κ1) is 13.0. The molecular weight excluding hydrogens is 222 g/mol. The maximum atomic E-state index is 5.90. The molecule has 2 atom stereocenters. The molecule has 0 saturated heterocycles. The second-order valence-corrected chi connectivity index (χ2v) is 5.21. The van der Waals surface area contributed by atoms with E-state index in [4.69, 9.17) is 4.74 Å². The summed E-state index contributed by atoms with van der Waals surface area (Å²) in [6.45, 7) is 6.85. The van der Waals surface area contributed by atoms with E-state index in [0.29, 0.717) is 0 Å². The van der Waals surface area contributed by atoms with Crippen LogP contribution in [-0.4, -0.2) is 6.61 Å². The molecular formula is C16H23NO. The summed E-state index contributed by atoms with van der Waals surface area (Å²) >= 11 is 0. The van der Waals surface area contributed by atoms with Crippen molar-refractivity contribution in [3.63, 3.8) is 0 Å². The van der Waals surface area contributed by atoms with Crippen molar-refractivity contribution in [2.75, 3.05) is 11.9 Å². The van der Waals surface area contributed by atoms with E-state index in [2.05, 4.69) is 18.8 Å². The molecule has 1 fully saturated rings. The van der Waals surface area contributed by atoms with Crippen LogP contribution in [0.3, 0.4) is 0 Å². The molecule has 0 heterocycles. The van der Waals surface area contributed by atoms with Gasteiger partial charge in [0.2, 0.25) is 0 Å². The topological polar surface area (TPSA) is 21.3 Å². The van der Waals surface area contributed by atoms with Gasteiger partial charge in [-0.15, -0.1) is 0 Å². The minimum atomic E-state index is 0.727. The highest BCUT2D eigenvalue weighted by molar-refractivity contribution is 5.47. The average Bonchev–Trinajstić information content (AvgIpc) is 2.40. The van der Waals surface area contributed by atoms with E-state index in [1.54, 1.807) is 6.20 Å². The van der Waals surface area contributed by atoms with Crippen LogP contribution < -0.4 is 10.1 Å². The molecule has 0 aliphatic heterocycles. The Morgan fingerprint density at radius 1 is 1.28 bits per heavy atom. The van der Waals surface area contributed by atoms with Crippen molar-refractivity contribution >= 4 is 5.69 Å². The summed E-state index contributed by atoms with van der Waals surface area (Å²) in [7, 11) is 0. The van der Waals surface area contributed by atoms with Crippen LogP contribution >= 0.6 is 0 Å².